The van der Waals surface area contributed by atoms with Crippen LogP contribution in [0.3, 0.4) is 0 Å². The van der Waals surface area contributed by atoms with Crippen molar-refractivity contribution >= 4 is 11.6 Å². The van der Waals surface area contributed by atoms with Gasteiger partial charge in [-0.1, -0.05) is 31.5 Å². The van der Waals surface area contributed by atoms with E-state index in [0.717, 1.165) is 12.8 Å². The molecule has 0 N–H and O–H groups in total. The first kappa shape index (κ1) is 18.2. The highest BCUT2D eigenvalue weighted by Gasteiger charge is 2.28. The van der Waals surface area contributed by atoms with Crippen LogP contribution in [0.4, 0.5) is 4.39 Å². The van der Waals surface area contributed by atoms with Gasteiger partial charge >= 0.3 is 5.69 Å². The van der Waals surface area contributed by atoms with Crippen molar-refractivity contribution in [3.8, 4) is 0 Å². The second-order valence-electron chi connectivity index (χ2n) is 7.92. The van der Waals surface area contributed by atoms with Crippen LogP contribution in [0.5, 0.6) is 0 Å². The lowest BCUT2D eigenvalue weighted by Crippen LogP contribution is -2.30. The quantitative estimate of drug-likeness (QED) is 0.815. The van der Waals surface area contributed by atoms with Gasteiger partial charge in [0.1, 0.15) is 11.6 Å². The van der Waals surface area contributed by atoms with Crippen molar-refractivity contribution in [1.29, 1.82) is 0 Å². The Morgan fingerprint density at radius 3 is 2.64 bits per heavy atom. The summed E-state index contributed by atoms with van der Waals surface area (Å²) in [5.74, 6) is 0.672. The number of halogens is 2. The van der Waals surface area contributed by atoms with Gasteiger partial charge in [0.15, 0.2) is 0 Å². The number of aryl methyl sites for hydroxylation is 1. The molecule has 0 atom stereocenters. The molecular weight excluding hydrogens is 341 g/mol. The van der Waals surface area contributed by atoms with Gasteiger partial charge in [0, 0.05) is 30.6 Å². The first-order valence-corrected chi connectivity index (χ1v) is 9.20. The maximum absolute atomic E-state index is 14.1. The van der Waals surface area contributed by atoms with Crippen molar-refractivity contribution in [3.63, 3.8) is 0 Å². The molecule has 0 radical (unpaired) electrons. The third-order valence-electron chi connectivity index (χ3n) is 5.38. The van der Waals surface area contributed by atoms with Gasteiger partial charge in [-0.05, 0) is 49.1 Å². The molecule has 6 heteroatoms. The van der Waals surface area contributed by atoms with Gasteiger partial charge in [-0.3, -0.25) is 4.57 Å². The number of aromatic nitrogens is 3. The van der Waals surface area contributed by atoms with E-state index in [9.17, 15) is 9.18 Å². The van der Waals surface area contributed by atoms with E-state index in [1.54, 1.807) is 23.7 Å². The summed E-state index contributed by atoms with van der Waals surface area (Å²) in [4.78, 5) is 12.5. The van der Waals surface area contributed by atoms with Crippen LogP contribution in [0.2, 0.25) is 5.02 Å². The summed E-state index contributed by atoms with van der Waals surface area (Å²) in [6.07, 6.45) is 4.77. The summed E-state index contributed by atoms with van der Waals surface area (Å²) in [5, 5.41) is 4.69. The monoisotopic (exact) mass is 365 g/mol. The number of rotatable bonds is 4. The van der Waals surface area contributed by atoms with E-state index in [2.05, 4.69) is 18.9 Å². The van der Waals surface area contributed by atoms with Crippen LogP contribution in [-0.2, 0) is 20.0 Å². The predicted octanol–water partition coefficient (Wildman–Crippen LogP) is 4.18. The van der Waals surface area contributed by atoms with Crippen LogP contribution in [-0.4, -0.2) is 14.3 Å². The van der Waals surface area contributed by atoms with E-state index in [0.29, 0.717) is 34.3 Å². The van der Waals surface area contributed by atoms with Crippen LogP contribution in [0.15, 0.2) is 23.0 Å². The van der Waals surface area contributed by atoms with Gasteiger partial charge in [0.25, 0.3) is 0 Å². The molecule has 1 aliphatic carbocycles. The Bertz CT molecular complexity index is 794. The van der Waals surface area contributed by atoms with Crippen LogP contribution in [0, 0.1) is 17.2 Å². The molecule has 136 valence electrons. The summed E-state index contributed by atoms with van der Waals surface area (Å²) < 4.78 is 17.1. The van der Waals surface area contributed by atoms with Gasteiger partial charge < -0.3 is 0 Å². The number of nitrogens with zero attached hydrogens (tertiary/aromatic N) is 3. The zero-order chi connectivity index (χ0) is 18.2. The Balaban J connectivity index is 1.84. The molecule has 1 aromatic heterocycles. The molecule has 1 aromatic carbocycles. The molecule has 1 aliphatic rings. The Hall–Kier alpha value is -1.62. The van der Waals surface area contributed by atoms with Crippen molar-refractivity contribution in [3.05, 3.63) is 50.9 Å². The van der Waals surface area contributed by atoms with Crippen molar-refractivity contribution in [1.82, 2.24) is 14.3 Å². The lowest BCUT2D eigenvalue weighted by Gasteiger charge is -2.34. The topological polar surface area (TPSA) is 39.8 Å². The zero-order valence-electron chi connectivity index (χ0n) is 15.1. The fraction of sp³-hybridized carbons (Fsp3) is 0.579. The predicted molar refractivity (Wildman–Crippen MR) is 97.4 cm³/mol. The van der Waals surface area contributed by atoms with Crippen molar-refractivity contribution in [2.45, 2.75) is 52.5 Å². The van der Waals surface area contributed by atoms with Crippen LogP contribution in [0.25, 0.3) is 0 Å². The van der Waals surface area contributed by atoms with E-state index in [4.69, 9.17) is 11.6 Å². The smallest absolute Gasteiger partial charge is 0.278 e. The highest BCUT2D eigenvalue weighted by atomic mass is 35.5. The number of hydrogen-bond donors (Lipinski definition) is 0. The molecule has 3 rings (SSSR count). The molecule has 2 aromatic rings. The molecular formula is C19H25ClFN3O. The molecule has 0 unspecified atom stereocenters. The highest BCUT2D eigenvalue weighted by molar-refractivity contribution is 6.31. The molecule has 1 heterocycles. The van der Waals surface area contributed by atoms with Gasteiger partial charge in [-0.2, -0.15) is 5.10 Å². The van der Waals surface area contributed by atoms with Crippen molar-refractivity contribution < 1.29 is 4.39 Å². The van der Waals surface area contributed by atoms with Crippen molar-refractivity contribution in [2.75, 3.05) is 0 Å². The molecule has 0 bridgehead atoms. The first-order valence-electron chi connectivity index (χ1n) is 8.82. The standard InChI is InChI=1S/C19H25ClFN3O/c1-19(2)9-7-13(8-10-19)12-24-17(22-23(3)18(24)25)11-14-15(20)5-4-6-16(14)21/h4-6,13H,7-12H2,1-3H3. The minimum absolute atomic E-state index is 0.146. The molecule has 0 saturated heterocycles. The Kier molecular flexibility index (Phi) is 5.05. The summed E-state index contributed by atoms with van der Waals surface area (Å²) >= 11 is 6.14. The summed E-state index contributed by atoms with van der Waals surface area (Å²) in [6, 6.07) is 4.63. The summed E-state index contributed by atoms with van der Waals surface area (Å²) in [6.45, 7) is 5.24. The Morgan fingerprint density at radius 2 is 2.00 bits per heavy atom. The Labute approximate surface area is 152 Å². The second kappa shape index (κ2) is 6.94. The van der Waals surface area contributed by atoms with Gasteiger partial charge in [0.05, 0.1) is 0 Å². The van der Waals surface area contributed by atoms with Gasteiger partial charge in [-0.25, -0.2) is 13.9 Å². The van der Waals surface area contributed by atoms with Crippen LogP contribution < -0.4 is 5.69 Å². The SMILES string of the molecule is Cn1nc(Cc2c(F)cccc2Cl)n(CC2CCC(C)(C)CC2)c1=O. The Morgan fingerprint density at radius 1 is 1.32 bits per heavy atom. The molecule has 1 fully saturated rings. The average Bonchev–Trinajstić information content (AvgIpc) is 2.80. The fourth-order valence-electron chi connectivity index (χ4n) is 3.63. The molecule has 0 amide bonds. The van der Waals surface area contributed by atoms with Crippen LogP contribution >= 0.6 is 11.6 Å². The second-order valence-corrected chi connectivity index (χ2v) is 8.32. The van der Waals surface area contributed by atoms with E-state index in [1.807, 2.05) is 0 Å². The van der Waals surface area contributed by atoms with Gasteiger partial charge in [0.2, 0.25) is 0 Å². The molecule has 0 aliphatic heterocycles. The third-order valence-corrected chi connectivity index (χ3v) is 5.73. The van der Waals surface area contributed by atoms with E-state index >= 15 is 0 Å². The highest BCUT2D eigenvalue weighted by Crippen LogP contribution is 2.38. The summed E-state index contributed by atoms with van der Waals surface area (Å²) in [5.41, 5.74) is 0.632. The third kappa shape index (κ3) is 3.97. The van der Waals surface area contributed by atoms with Crippen LogP contribution in [0.1, 0.15) is 50.9 Å². The van der Waals surface area contributed by atoms with E-state index in [-0.39, 0.29) is 17.9 Å². The normalized spacial score (nSPS) is 17.8. The lowest BCUT2D eigenvalue weighted by molar-refractivity contribution is 0.177. The minimum Gasteiger partial charge on any atom is -0.278 e. The number of benzene rings is 1. The van der Waals surface area contributed by atoms with E-state index in [1.165, 1.54) is 23.6 Å². The zero-order valence-corrected chi connectivity index (χ0v) is 15.8. The molecule has 0 spiro atoms. The lowest BCUT2D eigenvalue weighted by atomic mass is 9.73. The minimum atomic E-state index is -0.364. The average molecular weight is 366 g/mol. The maximum atomic E-state index is 14.1. The maximum Gasteiger partial charge on any atom is 0.345 e. The summed E-state index contributed by atoms with van der Waals surface area (Å²) in [7, 11) is 1.63. The largest absolute Gasteiger partial charge is 0.345 e. The first-order chi connectivity index (χ1) is 11.8. The van der Waals surface area contributed by atoms with E-state index < -0.39 is 0 Å². The van der Waals surface area contributed by atoms with Gasteiger partial charge in [-0.15, -0.1) is 0 Å². The number of hydrogen-bond acceptors (Lipinski definition) is 2. The molecule has 1 saturated carbocycles. The van der Waals surface area contributed by atoms with Crippen molar-refractivity contribution in [2.24, 2.45) is 18.4 Å². The molecule has 4 nitrogen and oxygen atoms in total. The molecule has 25 heavy (non-hydrogen) atoms. The fourth-order valence-corrected chi connectivity index (χ4v) is 3.86.